The topological polar surface area (TPSA) is 65.0 Å². The van der Waals surface area contributed by atoms with Crippen LogP contribution in [0.5, 0.6) is 11.5 Å². The lowest BCUT2D eigenvalue weighted by molar-refractivity contribution is -0.139. The fourth-order valence-corrected chi connectivity index (χ4v) is 4.35. The summed E-state index contributed by atoms with van der Waals surface area (Å²) in [7, 11) is 1.54. The number of para-hydroxylation sites is 1. The molecule has 1 saturated heterocycles. The van der Waals surface area contributed by atoms with Gasteiger partial charge in [-0.1, -0.05) is 48.6 Å². The monoisotopic (exact) mass is 410 g/mol. The van der Waals surface area contributed by atoms with Crippen LogP contribution in [0.15, 0.2) is 54.6 Å². The second-order valence-corrected chi connectivity index (χ2v) is 7.97. The normalized spacial score (nSPS) is 23.6. The van der Waals surface area contributed by atoms with Crippen LogP contribution in [0.25, 0.3) is 0 Å². The highest BCUT2D eigenvalue weighted by Crippen LogP contribution is 2.49. The fraction of sp³-hybridized carbons (Fsp3) is 0.400. The summed E-state index contributed by atoms with van der Waals surface area (Å²) in [6, 6.07) is 14.0. The minimum atomic E-state index is -1.04. The molecule has 1 heterocycles. The van der Waals surface area contributed by atoms with E-state index < -0.39 is 12.6 Å². The maximum atomic E-state index is 11.1. The molecule has 0 aliphatic carbocycles. The van der Waals surface area contributed by atoms with Gasteiger partial charge in [-0.25, -0.2) is 4.79 Å². The Labute approximate surface area is 178 Å². The van der Waals surface area contributed by atoms with Crippen LogP contribution in [0.3, 0.4) is 0 Å². The number of carbonyl (C=O) groups is 1. The molecule has 5 heteroatoms. The number of hydrogen-bond acceptors (Lipinski definition) is 4. The molecule has 0 amide bonds. The largest absolute Gasteiger partial charge is 0.493 e. The van der Waals surface area contributed by atoms with E-state index >= 15 is 0 Å². The molecule has 0 spiro atoms. The number of benzene rings is 2. The summed E-state index contributed by atoms with van der Waals surface area (Å²) < 4.78 is 17.6. The molecule has 0 bridgehead atoms. The van der Waals surface area contributed by atoms with Gasteiger partial charge >= 0.3 is 5.97 Å². The standard InChI is InChI=1S/C25H30O5/c1-15(2)20-13-21(18-10-7-6-9-16(18)3)17(4)30-24(20)19-11-8-12-22(28-5)25(19)29-14-23(26)27/h6-12,17,20-21,24H,1,13-14H2,2-5H3,(H,26,27)/t17-,20+,21-,24+/m0/s1. The van der Waals surface area contributed by atoms with Gasteiger partial charge in [0.05, 0.1) is 19.3 Å². The van der Waals surface area contributed by atoms with Gasteiger partial charge in [0.2, 0.25) is 0 Å². The minimum Gasteiger partial charge on any atom is -0.493 e. The smallest absolute Gasteiger partial charge is 0.341 e. The molecule has 5 nitrogen and oxygen atoms in total. The van der Waals surface area contributed by atoms with Crippen molar-refractivity contribution in [1.29, 1.82) is 0 Å². The van der Waals surface area contributed by atoms with E-state index in [0.717, 1.165) is 17.6 Å². The summed E-state index contributed by atoms with van der Waals surface area (Å²) in [6.45, 7) is 10.0. The van der Waals surface area contributed by atoms with E-state index in [2.05, 4.69) is 44.7 Å². The van der Waals surface area contributed by atoms with Gasteiger partial charge in [0.25, 0.3) is 0 Å². The van der Waals surface area contributed by atoms with Gasteiger partial charge in [0.15, 0.2) is 18.1 Å². The van der Waals surface area contributed by atoms with Gasteiger partial charge in [-0.3, -0.25) is 0 Å². The molecule has 3 rings (SSSR count). The highest BCUT2D eigenvalue weighted by atomic mass is 16.5. The molecule has 2 aromatic carbocycles. The van der Waals surface area contributed by atoms with Crippen LogP contribution in [-0.4, -0.2) is 30.9 Å². The van der Waals surface area contributed by atoms with E-state index in [1.165, 1.54) is 11.1 Å². The van der Waals surface area contributed by atoms with Gasteiger partial charge in [0, 0.05) is 17.4 Å². The van der Waals surface area contributed by atoms with Crippen LogP contribution in [-0.2, 0) is 9.53 Å². The number of methoxy groups -OCH3 is 1. The Morgan fingerprint density at radius 2 is 1.90 bits per heavy atom. The average molecular weight is 411 g/mol. The maximum Gasteiger partial charge on any atom is 0.341 e. The summed E-state index contributed by atoms with van der Waals surface area (Å²) >= 11 is 0. The lowest BCUT2D eigenvalue weighted by atomic mass is 9.75. The first kappa shape index (κ1) is 21.9. The summed E-state index contributed by atoms with van der Waals surface area (Å²) in [5, 5.41) is 9.10. The molecule has 2 aromatic rings. The summed E-state index contributed by atoms with van der Waals surface area (Å²) in [4.78, 5) is 11.1. The number of carboxylic acid groups (broad SMARTS) is 1. The van der Waals surface area contributed by atoms with Gasteiger partial charge in [-0.05, 0) is 44.4 Å². The molecule has 1 fully saturated rings. The first-order chi connectivity index (χ1) is 14.3. The first-order valence-corrected chi connectivity index (χ1v) is 10.2. The van der Waals surface area contributed by atoms with Crippen molar-refractivity contribution in [2.24, 2.45) is 5.92 Å². The molecular formula is C25H30O5. The van der Waals surface area contributed by atoms with Gasteiger partial charge in [-0.2, -0.15) is 0 Å². The highest BCUT2D eigenvalue weighted by molar-refractivity contribution is 5.69. The fourth-order valence-electron chi connectivity index (χ4n) is 4.35. The number of carboxylic acids is 1. The third-order valence-corrected chi connectivity index (χ3v) is 5.90. The maximum absolute atomic E-state index is 11.1. The van der Waals surface area contributed by atoms with E-state index in [1.807, 2.05) is 19.1 Å². The number of aliphatic carboxylic acids is 1. The molecule has 0 unspecified atom stereocenters. The van der Waals surface area contributed by atoms with Gasteiger partial charge < -0.3 is 19.3 Å². The van der Waals surface area contributed by atoms with Crippen molar-refractivity contribution in [3.05, 3.63) is 71.3 Å². The SMILES string of the molecule is C=C(C)[C@H]1C[C@H](c2ccccc2C)[C@H](C)O[C@@H]1c1cccc(OC)c1OCC(=O)O. The van der Waals surface area contributed by atoms with E-state index in [-0.39, 0.29) is 24.0 Å². The quantitative estimate of drug-likeness (QED) is 0.628. The minimum absolute atomic E-state index is 0.0229. The molecule has 0 radical (unpaired) electrons. The lowest BCUT2D eigenvalue weighted by Crippen LogP contribution is -2.35. The van der Waals surface area contributed by atoms with Crippen molar-refractivity contribution in [3.63, 3.8) is 0 Å². The van der Waals surface area contributed by atoms with Crippen LogP contribution < -0.4 is 9.47 Å². The number of ether oxygens (including phenoxy) is 3. The van der Waals surface area contributed by atoms with Crippen molar-refractivity contribution in [2.75, 3.05) is 13.7 Å². The molecule has 1 N–H and O–H groups in total. The zero-order valence-electron chi connectivity index (χ0n) is 18.1. The van der Waals surface area contributed by atoms with Gasteiger partial charge in [-0.15, -0.1) is 0 Å². The molecule has 0 aromatic heterocycles. The highest BCUT2D eigenvalue weighted by Gasteiger charge is 2.39. The zero-order chi connectivity index (χ0) is 21.8. The predicted octanol–water partition coefficient (Wildman–Crippen LogP) is 5.29. The van der Waals surface area contributed by atoms with Crippen LogP contribution in [0.4, 0.5) is 0 Å². The number of aryl methyl sites for hydroxylation is 1. The van der Waals surface area contributed by atoms with Crippen molar-refractivity contribution in [2.45, 2.75) is 45.3 Å². The number of hydrogen-bond donors (Lipinski definition) is 1. The Kier molecular flexibility index (Phi) is 6.83. The van der Waals surface area contributed by atoms with Crippen LogP contribution in [0.2, 0.25) is 0 Å². The second-order valence-electron chi connectivity index (χ2n) is 7.97. The first-order valence-electron chi connectivity index (χ1n) is 10.2. The van der Waals surface area contributed by atoms with E-state index in [1.54, 1.807) is 13.2 Å². The molecule has 160 valence electrons. The van der Waals surface area contributed by atoms with Crippen molar-refractivity contribution in [1.82, 2.24) is 0 Å². The molecule has 30 heavy (non-hydrogen) atoms. The predicted molar refractivity (Wildman–Crippen MR) is 116 cm³/mol. The third kappa shape index (κ3) is 4.51. The Balaban J connectivity index is 1.99. The molecule has 4 atom stereocenters. The number of rotatable bonds is 7. The Morgan fingerprint density at radius 1 is 1.20 bits per heavy atom. The lowest BCUT2D eigenvalue weighted by Gasteiger charge is -2.42. The molecule has 0 saturated carbocycles. The summed E-state index contributed by atoms with van der Waals surface area (Å²) in [5.74, 6) is 0.177. The van der Waals surface area contributed by atoms with Crippen LogP contribution >= 0.6 is 0 Å². The Bertz CT molecular complexity index is 920. The molecular weight excluding hydrogens is 380 g/mol. The van der Waals surface area contributed by atoms with Crippen LogP contribution in [0.1, 0.15) is 49.0 Å². The van der Waals surface area contributed by atoms with Crippen molar-refractivity contribution < 1.29 is 24.1 Å². The summed E-state index contributed by atoms with van der Waals surface area (Å²) in [6.07, 6.45) is 0.573. The Morgan fingerprint density at radius 3 is 2.53 bits per heavy atom. The molecule has 1 aliphatic heterocycles. The average Bonchev–Trinajstić information content (AvgIpc) is 2.72. The van der Waals surface area contributed by atoms with E-state index in [4.69, 9.17) is 19.3 Å². The Hall–Kier alpha value is -2.79. The van der Waals surface area contributed by atoms with Crippen LogP contribution in [0, 0.1) is 12.8 Å². The van der Waals surface area contributed by atoms with E-state index in [0.29, 0.717) is 11.5 Å². The zero-order valence-corrected chi connectivity index (χ0v) is 18.1. The van der Waals surface area contributed by atoms with Crippen molar-refractivity contribution >= 4 is 5.97 Å². The van der Waals surface area contributed by atoms with Crippen molar-refractivity contribution in [3.8, 4) is 11.5 Å². The molecule has 1 aliphatic rings. The summed E-state index contributed by atoms with van der Waals surface area (Å²) in [5.41, 5.74) is 4.36. The third-order valence-electron chi connectivity index (χ3n) is 5.90. The van der Waals surface area contributed by atoms with E-state index in [9.17, 15) is 4.79 Å². The second kappa shape index (κ2) is 9.35. The van der Waals surface area contributed by atoms with Gasteiger partial charge in [0.1, 0.15) is 0 Å².